The number of hydrogen-bond acceptors (Lipinski definition) is 4. The molecular formula is C10H16N4O. The summed E-state index contributed by atoms with van der Waals surface area (Å²) in [6, 6.07) is 0. The van der Waals surface area contributed by atoms with E-state index in [-0.39, 0.29) is 5.78 Å². The fourth-order valence-electron chi connectivity index (χ4n) is 1.54. The quantitative estimate of drug-likeness (QED) is 0.738. The maximum Gasteiger partial charge on any atom is 0.154 e. The van der Waals surface area contributed by atoms with E-state index in [0.29, 0.717) is 19.5 Å². The van der Waals surface area contributed by atoms with Crippen molar-refractivity contribution in [1.82, 2.24) is 15.0 Å². The van der Waals surface area contributed by atoms with Gasteiger partial charge in [0.1, 0.15) is 6.54 Å². The SMILES string of the molecule is NCc1cn(CC(=O)CCC2CC2)nn1. The molecule has 1 aliphatic rings. The summed E-state index contributed by atoms with van der Waals surface area (Å²) in [7, 11) is 0. The van der Waals surface area contributed by atoms with E-state index >= 15 is 0 Å². The lowest BCUT2D eigenvalue weighted by Gasteiger charge is -1.99. The molecule has 15 heavy (non-hydrogen) atoms. The van der Waals surface area contributed by atoms with Gasteiger partial charge in [0.05, 0.1) is 11.9 Å². The highest BCUT2D eigenvalue weighted by Crippen LogP contribution is 2.33. The predicted molar refractivity (Wildman–Crippen MR) is 54.9 cm³/mol. The summed E-state index contributed by atoms with van der Waals surface area (Å²) < 4.78 is 1.57. The molecule has 5 heteroatoms. The third-order valence-corrected chi connectivity index (χ3v) is 2.66. The number of hydrogen-bond donors (Lipinski definition) is 1. The molecule has 1 aromatic rings. The summed E-state index contributed by atoms with van der Waals surface area (Å²) in [6.07, 6.45) is 6.04. The number of aromatic nitrogens is 3. The molecular weight excluding hydrogens is 192 g/mol. The van der Waals surface area contributed by atoms with Crippen LogP contribution in [0.3, 0.4) is 0 Å². The van der Waals surface area contributed by atoms with Crippen molar-refractivity contribution >= 4 is 5.78 Å². The molecule has 2 rings (SSSR count). The Morgan fingerprint density at radius 3 is 3.00 bits per heavy atom. The van der Waals surface area contributed by atoms with Crippen molar-refractivity contribution in [2.75, 3.05) is 0 Å². The first kappa shape index (κ1) is 10.3. The molecule has 1 heterocycles. The fraction of sp³-hybridized carbons (Fsp3) is 0.700. The predicted octanol–water partition coefficient (Wildman–Crippen LogP) is 0.496. The number of rotatable bonds is 6. The molecule has 2 N–H and O–H groups in total. The second kappa shape index (κ2) is 4.53. The summed E-state index contributed by atoms with van der Waals surface area (Å²) in [5.74, 6) is 1.04. The Balaban J connectivity index is 1.76. The molecule has 0 radical (unpaired) electrons. The number of carbonyl (C=O) groups excluding carboxylic acids is 1. The average molecular weight is 208 g/mol. The van der Waals surface area contributed by atoms with Gasteiger partial charge in [0.15, 0.2) is 5.78 Å². The number of nitrogens with zero attached hydrogens (tertiary/aromatic N) is 3. The van der Waals surface area contributed by atoms with Gasteiger partial charge in [-0.3, -0.25) is 4.79 Å². The maximum absolute atomic E-state index is 11.5. The van der Waals surface area contributed by atoms with E-state index in [1.165, 1.54) is 12.8 Å². The first-order valence-corrected chi connectivity index (χ1v) is 5.38. The number of ketones is 1. The Hall–Kier alpha value is -1.23. The van der Waals surface area contributed by atoms with E-state index in [9.17, 15) is 4.79 Å². The van der Waals surface area contributed by atoms with Crippen LogP contribution in [0.1, 0.15) is 31.4 Å². The lowest BCUT2D eigenvalue weighted by molar-refractivity contribution is -0.120. The summed E-state index contributed by atoms with van der Waals surface area (Å²) in [5.41, 5.74) is 6.13. The smallest absolute Gasteiger partial charge is 0.154 e. The number of carbonyl (C=O) groups is 1. The second-order valence-corrected chi connectivity index (χ2v) is 4.13. The van der Waals surface area contributed by atoms with Gasteiger partial charge in [0, 0.05) is 13.0 Å². The minimum atomic E-state index is 0.232. The summed E-state index contributed by atoms with van der Waals surface area (Å²) >= 11 is 0. The van der Waals surface area contributed by atoms with Gasteiger partial charge < -0.3 is 5.73 Å². The molecule has 0 unspecified atom stereocenters. The van der Waals surface area contributed by atoms with Crippen molar-refractivity contribution in [2.45, 2.75) is 38.8 Å². The standard InChI is InChI=1S/C10H16N4O/c11-5-9-6-14(13-12-9)7-10(15)4-3-8-1-2-8/h6,8H,1-5,7,11H2. The van der Waals surface area contributed by atoms with Crippen LogP contribution < -0.4 is 5.73 Å². The molecule has 82 valence electrons. The van der Waals surface area contributed by atoms with Crippen molar-refractivity contribution in [3.05, 3.63) is 11.9 Å². The van der Waals surface area contributed by atoms with Crippen molar-refractivity contribution in [1.29, 1.82) is 0 Å². The molecule has 1 aliphatic carbocycles. The molecule has 1 fully saturated rings. The van der Waals surface area contributed by atoms with Gasteiger partial charge >= 0.3 is 0 Å². The Labute approximate surface area is 88.6 Å². The van der Waals surface area contributed by atoms with Crippen LogP contribution in [-0.2, 0) is 17.9 Å². The van der Waals surface area contributed by atoms with Gasteiger partial charge in [-0.25, -0.2) is 4.68 Å². The van der Waals surface area contributed by atoms with Gasteiger partial charge in [-0.1, -0.05) is 18.1 Å². The number of nitrogens with two attached hydrogens (primary N) is 1. The number of Topliss-reactive ketones (excluding diaryl/α,β-unsaturated/α-hetero) is 1. The van der Waals surface area contributed by atoms with Crippen LogP contribution in [0.4, 0.5) is 0 Å². The van der Waals surface area contributed by atoms with Crippen LogP contribution in [0.5, 0.6) is 0 Å². The van der Waals surface area contributed by atoms with E-state index in [1.807, 2.05) is 0 Å². The minimum absolute atomic E-state index is 0.232. The minimum Gasteiger partial charge on any atom is -0.325 e. The summed E-state index contributed by atoms with van der Waals surface area (Å²) in [4.78, 5) is 11.5. The zero-order chi connectivity index (χ0) is 10.7. The fourth-order valence-corrected chi connectivity index (χ4v) is 1.54. The highest BCUT2D eigenvalue weighted by Gasteiger charge is 2.21. The average Bonchev–Trinajstić information content (AvgIpc) is 2.96. The molecule has 0 saturated heterocycles. The third-order valence-electron chi connectivity index (χ3n) is 2.66. The zero-order valence-corrected chi connectivity index (χ0v) is 8.72. The van der Waals surface area contributed by atoms with Crippen LogP contribution in [0.15, 0.2) is 6.20 Å². The van der Waals surface area contributed by atoms with Crippen LogP contribution in [0, 0.1) is 5.92 Å². The van der Waals surface area contributed by atoms with Gasteiger partial charge in [-0.05, 0) is 12.3 Å². The lowest BCUT2D eigenvalue weighted by Crippen LogP contribution is -2.10. The molecule has 0 aliphatic heterocycles. The van der Waals surface area contributed by atoms with Crippen molar-refractivity contribution in [3.63, 3.8) is 0 Å². The first-order chi connectivity index (χ1) is 7.28. The Morgan fingerprint density at radius 1 is 1.60 bits per heavy atom. The van der Waals surface area contributed by atoms with Crippen molar-refractivity contribution in [3.8, 4) is 0 Å². The monoisotopic (exact) mass is 208 g/mol. The Bertz CT molecular complexity index is 343. The van der Waals surface area contributed by atoms with Crippen LogP contribution in [-0.4, -0.2) is 20.8 Å². The van der Waals surface area contributed by atoms with E-state index in [2.05, 4.69) is 10.3 Å². The normalized spacial score (nSPS) is 15.5. The maximum atomic E-state index is 11.5. The lowest BCUT2D eigenvalue weighted by atomic mass is 10.1. The summed E-state index contributed by atoms with van der Waals surface area (Å²) in [6.45, 7) is 0.704. The summed E-state index contributed by atoms with van der Waals surface area (Å²) in [5, 5.41) is 7.67. The Morgan fingerprint density at radius 2 is 2.40 bits per heavy atom. The van der Waals surface area contributed by atoms with Crippen LogP contribution in [0.25, 0.3) is 0 Å². The molecule has 5 nitrogen and oxygen atoms in total. The topological polar surface area (TPSA) is 73.8 Å². The van der Waals surface area contributed by atoms with Crippen LogP contribution >= 0.6 is 0 Å². The molecule has 0 atom stereocenters. The molecule has 0 aromatic carbocycles. The van der Waals surface area contributed by atoms with Gasteiger partial charge in [-0.15, -0.1) is 5.10 Å². The third kappa shape index (κ3) is 3.13. The van der Waals surface area contributed by atoms with E-state index in [1.54, 1.807) is 10.9 Å². The highest BCUT2D eigenvalue weighted by atomic mass is 16.1. The van der Waals surface area contributed by atoms with E-state index < -0.39 is 0 Å². The zero-order valence-electron chi connectivity index (χ0n) is 8.72. The van der Waals surface area contributed by atoms with Crippen LogP contribution in [0.2, 0.25) is 0 Å². The van der Waals surface area contributed by atoms with Crippen molar-refractivity contribution in [2.24, 2.45) is 11.7 Å². The molecule has 0 spiro atoms. The van der Waals surface area contributed by atoms with Gasteiger partial charge in [0.25, 0.3) is 0 Å². The van der Waals surface area contributed by atoms with Crippen molar-refractivity contribution < 1.29 is 4.79 Å². The van der Waals surface area contributed by atoms with E-state index in [0.717, 1.165) is 18.0 Å². The molecule has 1 saturated carbocycles. The molecule has 1 aromatic heterocycles. The second-order valence-electron chi connectivity index (χ2n) is 4.13. The highest BCUT2D eigenvalue weighted by molar-refractivity contribution is 5.78. The van der Waals surface area contributed by atoms with E-state index in [4.69, 9.17) is 5.73 Å². The molecule has 0 bridgehead atoms. The van der Waals surface area contributed by atoms with Gasteiger partial charge in [0.2, 0.25) is 0 Å². The molecule has 0 amide bonds. The first-order valence-electron chi connectivity index (χ1n) is 5.38. The largest absolute Gasteiger partial charge is 0.325 e. The Kier molecular flexibility index (Phi) is 3.11. The van der Waals surface area contributed by atoms with Gasteiger partial charge in [-0.2, -0.15) is 0 Å².